The van der Waals surface area contributed by atoms with Crippen LogP contribution in [0.5, 0.6) is 11.5 Å². The third-order valence-corrected chi connectivity index (χ3v) is 1.97. The first-order chi connectivity index (χ1) is 6.69. The summed E-state index contributed by atoms with van der Waals surface area (Å²) in [6, 6.07) is 3.39. The number of phenolic OH excluding ortho intramolecular Hbond substituents is 2. The van der Waals surface area contributed by atoms with Gasteiger partial charge in [-0.25, -0.2) is 0 Å². The molecule has 0 saturated carbocycles. The van der Waals surface area contributed by atoms with E-state index < -0.39 is 0 Å². The lowest BCUT2D eigenvalue weighted by molar-refractivity contribution is 0.400. The second-order valence-corrected chi connectivity index (χ2v) is 3.11. The van der Waals surface area contributed by atoms with Gasteiger partial charge in [0.25, 0.3) is 0 Å². The average Bonchev–Trinajstić information content (AvgIpc) is 2.14. The molecular weight excluding hydrogens is 176 g/mol. The first-order valence-corrected chi connectivity index (χ1v) is 4.44. The normalized spacial score (nSPS) is 9.71. The molecule has 0 bridgehead atoms. The van der Waals surface area contributed by atoms with Gasteiger partial charge < -0.3 is 10.2 Å². The third-order valence-electron chi connectivity index (χ3n) is 1.97. The smallest absolute Gasteiger partial charge is 0.161 e. The molecule has 0 aliphatic heterocycles. The summed E-state index contributed by atoms with van der Waals surface area (Å²) in [7, 11) is 0. The van der Waals surface area contributed by atoms with E-state index in [1.165, 1.54) is 0 Å². The quantitative estimate of drug-likeness (QED) is 0.566. The molecule has 74 valence electrons. The molecule has 2 nitrogen and oxygen atoms in total. The summed E-state index contributed by atoms with van der Waals surface area (Å²) in [5, 5.41) is 18.9. The van der Waals surface area contributed by atoms with Crippen molar-refractivity contribution < 1.29 is 10.2 Å². The Bertz CT molecular complexity index is 354. The van der Waals surface area contributed by atoms with E-state index >= 15 is 0 Å². The van der Waals surface area contributed by atoms with Crippen LogP contribution in [0.4, 0.5) is 0 Å². The van der Waals surface area contributed by atoms with E-state index in [0.717, 1.165) is 5.56 Å². The van der Waals surface area contributed by atoms with Crippen LogP contribution in [0.25, 0.3) is 0 Å². The monoisotopic (exact) mass is 190 g/mol. The molecule has 0 aliphatic rings. The van der Waals surface area contributed by atoms with Gasteiger partial charge in [0, 0.05) is 5.56 Å². The third kappa shape index (κ3) is 2.16. The van der Waals surface area contributed by atoms with Gasteiger partial charge in [0.15, 0.2) is 11.5 Å². The zero-order valence-corrected chi connectivity index (χ0v) is 8.03. The number of hydrogen-bond acceptors (Lipinski definition) is 2. The summed E-state index contributed by atoms with van der Waals surface area (Å²) in [6.07, 6.45) is 4.66. The van der Waals surface area contributed by atoms with Crippen molar-refractivity contribution in [2.75, 3.05) is 0 Å². The summed E-state index contributed by atoms with van der Waals surface area (Å²) >= 11 is 0. The van der Waals surface area contributed by atoms with Crippen LogP contribution in [0, 0.1) is 0 Å². The minimum absolute atomic E-state index is 0.0577. The standard InChI is InChI=1S/C12H14O2/c1-3-5-9-7-10(6-4-2)12(14)11(13)8-9/h3-4,7-8,13-14H,1-2,5-6H2. The summed E-state index contributed by atoms with van der Waals surface area (Å²) in [5.74, 6) is -0.140. The van der Waals surface area contributed by atoms with Crippen molar-refractivity contribution in [3.05, 3.63) is 48.6 Å². The van der Waals surface area contributed by atoms with Gasteiger partial charge in [-0.2, -0.15) is 0 Å². The largest absolute Gasteiger partial charge is 0.504 e. The molecule has 0 saturated heterocycles. The van der Waals surface area contributed by atoms with Crippen LogP contribution in [0.3, 0.4) is 0 Å². The zero-order valence-electron chi connectivity index (χ0n) is 8.03. The minimum atomic E-state index is -0.0822. The Labute approximate surface area is 83.8 Å². The Morgan fingerprint density at radius 1 is 1.07 bits per heavy atom. The summed E-state index contributed by atoms with van der Waals surface area (Å²) < 4.78 is 0. The molecule has 14 heavy (non-hydrogen) atoms. The molecule has 2 heteroatoms. The van der Waals surface area contributed by atoms with Crippen molar-refractivity contribution in [2.24, 2.45) is 0 Å². The molecular formula is C12H14O2. The van der Waals surface area contributed by atoms with E-state index in [2.05, 4.69) is 13.2 Å². The lowest BCUT2D eigenvalue weighted by atomic mass is 10.0. The Balaban J connectivity index is 3.12. The fourth-order valence-corrected chi connectivity index (χ4v) is 1.34. The topological polar surface area (TPSA) is 40.5 Å². The summed E-state index contributed by atoms with van der Waals surface area (Å²) in [5.41, 5.74) is 1.63. The molecule has 0 spiro atoms. The number of hydrogen-bond donors (Lipinski definition) is 2. The maximum Gasteiger partial charge on any atom is 0.161 e. The predicted octanol–water partition coefficient (Wildman–Crippen LogP) is 2.55. The van der Waals surface area contributed by atoms with Gasteiger partial charge in [0.05, 0.1) is 0 Å². The molecule has 0 amide bonds. The maximum absolute atomic E-state index is 9.50. The maximum atomic E-state index is 9.50. The van der Waals surface area contributed by atoms with Gasteiger partial charge in [-0.1, -0.05) is 18.2 Å². The van der Waals surface area contributed by atoms with Crippen molar-refractivity contribution in [1.82, 2.24) is 0 Å². The average molecular weight is 190 g/mol. The van der Waals surface area contributed by atoms with Gasteiger partial charge in [0.1, 0.15) is 0 Å². The Kier molecular flexibility index (Phi) is 3.35. The number of phenols is 2. The first-order valence-electron chi connectivity index (χ1n) is 4.44. The molecule has 0 fully saturated rings. The van der Waals surface area contributed by atoms with Gasteiger partial charge in [-0.3, -0.25) is 0 Å². The summed E-state index contributed by atoms with van der Waals surface area (Å²) in [6.45, 7) is 7.21. The number of rotatable bonds is 4. The fraction of sp³-hybridized carbons (Fsp3) is 0.167. The van der Waals surface area contributed by atoms with Crippen LogP contribution in [-0.4, -0.2) is 10.2 Å². The van der Waals surface area contributed by atoms with Gasteiger partial charge in [-0.05, 0) is 24.5 Å². The van der Waals surface area contributed by atoms with Gasteiger partial charge >= 0.3 is 0 Å². The van der Waals surface area contributed by atoms with E-state index in [1.54, 1.807) is 18.2 Å². The van der Waals surface area contributed by atoms with Crippen LogP contribution in [0.2, 0.25) is 0 Å². The predicted molar refractivity (Wildman–Crippen MR) is 57.6 cm³/mol. The molecule has 2 N–H and O–H groups in total. The van der Waals surface area contributed by atoms with Crippen molar-refractivity contribution in [2.45, 2.75) is 12.8 Å². The number of benzene rings is 1. The van der Waals surface area contributed by atoms with Gasteiger partial charge in [-0.15, -0.1) is 13.2 Å². The molecule has 0 unspecified atom stereocenters. The van der Waals surface area contributed by atoms with Crippen LogP contribution >= 0.6 is 0 Å². The van der Waals surface area contributed by atoms with E-state index in [1.807, 2.05) is 6.07 Å². The highest BCUT2D eigenvalue weighted by Gasteiger charge is 2.06. The Morgan fingerprint density at radius 2 is 1.71 bits per heavy atom. The first kappa shape index (κ1) is 10.4. The van der Waals surface area contributed by atoms with Gasteiger partial charge in [0.2, 0.25) is 0 Å². The minimum Gasteiger partial charge on any atom is -0.504 e. The molecule has 1 aromatic carbocycles. The summed E-state index contributed by atoms with van der Waals surface area (Å²) in [4.78, 5) is 0. The Morgan fingerprint density at radius 3 is 2.29 bits per heavy atom. The highest BCUT2D eigenvalue weighted by atomic mass is 16.3. The SMILES string of the molecule is C=CCc1cc(O)c(O)c(CC=C)c1. The highest BCUT2D eigenvalue weighted by molar-refractivity contribution is 5.48. The number of allylic oxidation sites excluding steroid dienone is 2. The van der Waals surface area contributed by atoms with E-state index in [9.17, 15) is 10.2 Å². The second-order valence-electron chi connectivity index (χ2n) is 3.11. The van der Waals surface area contributed by atoms with E-state index in [-0.39, 0.29) is 11.5 Å². The highest BCUT2D eigenvalue weighted by Crippen LogP contribution is 2.31. The van der Waals surface area contributed by atoms with Crippen molar-refractivity contribution in [3.8, 4) is 11.5 Å². The molecule has 0 radical (unpaired) electrons. The van der Waals surface area contributed by atoms with E-state index in [0.29, 0.717) is 18.4 Å². The van der Waals surface area contributed by atoms with Crippen molar-refractivity contribution in [3.63, 3.8) is 0 Å². The van der Waals surface area contributed by atoms with Crippen molar-refractivity contribution in [1.29, 1.82) is 0 Å². The molecule has 0 heterocycles. The second kappa shape index (κ2) is 4.51. The Hall–Kier alpha value is -1.70. The molecule has 1 aromatic rings. The molecule has 0 aromatic heterocycles. The van der Waals surface area contributed by atoms with Crippen LogP contribution < -0.4 is 0 Å². The van der Waals surface area contributed by atoms with Crippen LogP contribution in [0.1, 0.15) is 11.1 Å². The van der Waals surface area contributed by atoms with Crippen LogP contribution in [-0.2, 0) is 12.8 Å². The van der Waals surface area contributed by atoms with Crippen molar-refractivity contribution >= 4 is 0 Å². The molecule has 0 atom stereocenters. The lowest BCUT2D eigenvalue weighted by Gasteiger charge is -2.06. The zero-order chi connectivity index (χ0) is 10.6. The van der Waals surface area contributed by atoms with Crippen LogP contribution in [0.15, 0.2) is 37.4 Å². The lowest BCUT2D eigenvalue weighted by Crippen LogP contribution is -1.88. The van der Waals surface area contributed by atoms with E-state index in [4.69, 9.17) is 0 Å². The fourth-order valence-electron chi connectivity index (χ4n) is 1.34. The molecule has 1 rings (SSSR count). The molecule has 0 aliphatic carbocycles. The number of aromatic hydroxyl groups is 2.